The zero-order valence-corrected chi connectivity index (χ0v) is 19.5. The first-order valence-corrected chi connectivity index (χ1v) is 10.9. The average Bonchev–Trinajstić information content (AvgIpc) is 3.00. The zero-order valence-electron chi connectivity index (χ0n) is 19.5. The highest BCUT2D eigenvalue weighted by Crippen LogP contribution is 2.35. The van der Waals surface area contributed by atoms with Gasteiger partial charge < -0.3 is 5.32 Å². The summed E-state index contributed by atoms with van der Waals surface area (Å²) in [6.07, 6.45) is 0. The van der Waals surface area contributed by atoms with Crippen LogP contribution in [0, 0.1) is 19.7 Å². The van der Waals surface area contributed by atoms with Crippen LogP contribution < -0.4 is 10.2 Å². The standard InChI is InChI=1S/C28H27FN2O2/c1-17-6-7-19(16-18(17)2)24-25(30-22-12-10-21(29)11-13-22)27(33)31(26(24)32)23-14-8-20(9-15-23)28(3,4)5/h6-16,30H,1-5H3. The molecule has 2 amide bonds. The lowest BCUT2D eigenvalue weighted by molar-refractivity contribution is -0.120. The Kier molecular flexibility index (Phi) is 5.66. The number of hydrogen-bond donors (Lipinski definition) is 1. The van der Waals surface area contributed by atoms with Crippen molar-refractivity contribution in [1.29, 1.82) is 0 Å². The number of hydrogen-bond acceptors (Lipinski definition) is 3. The fourth-order valence-electron chi connectivity index (χ4n) is 3.83. The summed E-state index contributed by atoms with van der Waals surface area (Å²) in [4.78, 5) is 28.3. The maximum Gasteiger partial charge on any atom is 0.282 e. The Labute approximate surface area is 193 Å². The molecule has 0 saturated heterocycles. The van der Waals surface area contributed by atoms with E-state index in [2.05, 4.69) is 26.1 Å². The second-order valence-corrected chi connectivity index (χ2v) is 9.42. The predicted molar refractivity (Wildman–Crippen MR) is 130 cm³/mol. The summed E-state index contributed by atoms with van der Waals surface area (Å²) in [5.41, 5.74) is 5.35. The summed E-state index contributed by atoms with van der Waals surface area (Å²) in [6, 6.07) is 18.9. The molecular weight excluding hydrogens is 415 g/mol. The third kappa shape index (κ3) is 4.31. The minimum atomic E-state index is -0.443. The van der Waals surface area contributed by atoms with Gasteiger partial charge in [0.15, 0.2) is 0 Å². The number of nitrogens with zero attached hydrogens (tertiary/aromatic N) is 1. The van der Waals surface area contributed by atoms with Gasteiger partial charge in [0.05, 0.1) is 11.3 Å². The molecule has 4 rings (SSSR count). The first kappa shape index (κ1) is 22.5. The Morgan fingerprint density at radius 3 is 2.00 bits per heavy atom. The lowest BCUT2D eigenvalue weighted by atomic mass is 9.87. The minimum Gasteiger partial charge on any atom is -0.350 e. The van der Waals surface area contributed by atoms with E-state index in [9.17, 15) is 14.0 Å². The molecule has 1 aliphatic rings. The Morgan fingerprint density at radius 2 is 1.42 bits per heavy atom. The minimum absolute atomic E-state index is 0.0459. The zero-order chi connectivity index (χ0) is 23.9. The molecule has 0 aliphatic carbocycles. The van der Waals surface area contributed by atoms with E-state index in [0.717, 1.165) is 16.7 Å². The number of anilines is 2. The van der Waals surface area contributed by atoms with E-state index in [1.54, 1.807) is 24.3 Å². The molecule has 0 radical (unpaired) electrons. The molecule has 0 bridgehead atoms. The second kappa shape index (κ2) is 8.32. The van der Waals surface area contributed by atoms with E-state index in [1.807, 2.05) is 44.2 Å². The quantitative estimate of drug-likeness (QED) is 0.494. The maximum absolute atomic E-state index is 13.6. The molecule has 33 heavy (non-hydrogen) atoms. The smallest absolute Gasteiger partial charge is 0.282 e. The number of carbonyl (C=O) groups is 2. The highest BCUT2D eigenvalue weighted by Gasteiger charge is 2.40. The van der Waals surface area contributed by atoms with Crippen molar-refractivity contribution in [2.24, 2.45) is 0 Å². The van der Waals surface area contributed by atoms with Crippen molar-refractivity contribution in [1.82, 2.24) is 0 Å². The van der Waals surface area contributed by atoms with Gasteiger partial charge in [-0.05, 0) is 77.9 Å². The molecule has 3 aromatic rings. The summed E-state index contributed by atoms with van der Waals surface area (Å²) in [7, 11) is 0. The van der Waals surface area contributed by atoms with Crippen molar-refractivity contribution in [2.45, 2.75) is 40.0 Å². The van der Waals surface area contributed by atoms with Crippen molar-refractivity contribution in [2.75, 3.05) is 10.2 Å². The number of benzene rings is 3. The van der Waals surface area contributed by atoms with Gasteiger partial charge in [-0.1, -0.05) is 51.1 Å². The predicted octanol–water partition coefficient (Wildman–Crippen LogP) is 6.14. The molecule has 3 aromatic carbocycles. The Bertz CT molecular complexity index is 1270. The van der Waals surface area contributed by atoms with Crippen LogP contribution >= 0.6 is 0 Å². The van der Waals surface area contributed by atoms with Gasteiger partial charge in [0.2, 0.25) is 0 Å². The largest absolute Gasteiger partial charge is 0.350 e. The van der Waals surface area contributed by atoms with E-state index in [0.29, 0.717) is 22.5 Å². The summed E-state index contributed by atoms with van der Waals surface area (Å²) < 4.78 is 13.4. The van der Waals surface area contributed by atoms with Crippen LogP contribution in [-0.2, 0) is 15.0 Å². The fourth-order valence-corrected chi connectivity index (χ4v) is 3.83. The van der Waals surface area contributed by atoms with Crippen LogP contribution in [0.3, 0.4) is 0 Å². The van der Waals surface area contributed by atoms with Crippen molar-refractivity contribution >= 4 is 28.8 Å². The number of nitrogens with one attached hydrogen (secondary N) is 1. The summed E-state index contributed by atoms with van der Waals surface area (Å²) in [5, 5.41) is 3.07. The number of carbonyl (C=O) groups excluding carboxylic acids is 2. The molecule has 4 nitrogen and oxygen atoms in total. The van der Waals surface area contributed by atoms with Crippen molar-refractivity contribution < 1.29 is 14.0 Å². The van der Waals surface area contributed by atoms with Gasteiger partial charge in [0.1, 0.15) is 11.5 Å². The van der Waals surface area contributed by atoms with Gasteiger partial charge in [-0.2, -0.15) is 0 Å². The van der Waals surface area contributed by atoms with Gasteiger partial charge >= 0.3 is 0 Å². The molecule has 1 aliphatic heterocycles. The van der Waals surface area contributed by atoms with Crippen molar-refractivity contribution in [3.05, 3.63) is 100 Å². The molecule has 0 saturated carbocycles. The van der Waals surface area contributed by atoms with Crippen LogP contribution in [0.15, 0.2) is 72.4 Å². The molecule has 1 N–H and O–H groups in total. The van der Waals surface area contributed by atoms with Gasteiger partial charge in [0, 0.05) is 5.69 Å². The highest BCUT2D eigenvalue weighted by molar-refractivity contribution is 6.46. The lowest BCUT2D eigenvalue weighted by Crippen LogP contribution is -2.32. The lowest BCUT2D eigenvalue weighted by Gasteiger charge is -2.21. The first-order chi connectivity index (χ1) is 15.6. The molecule has 0 atom stereocenters. The maximum atomic E-state index is 13.6. The molecule has 0 spiro atoms. The normalized spacial score (nSPS) is 14.3. The number of halogens is 1. The third-order valence-electron chi connectivity index (χ3n) is 5.98. The van der Waals surface area contributed by atoms with Crippen LogP contribution in [-0.4, -0.2) is 11.8 Å². The van der Waals surface area contributed by atoms with Gasteiger partial charge in [-0.3, -0.25) is 9.59 Å². The molecule has 168 valence electrons. The van der Waals surface area contributed by atoms with Crippen molar-refractivity contribution in [3.63, 3.8) is 0 Å². The first-order valence-electron chi connectivity index (χ1n) is 10.9. The van der Waals surface area contributed by atoms with Gasteiger partial charge in [0.25, 0.3) is 11.8 Å². The molecule has 0 aromatic heterocycles. The highest BCUT2D eigenvalue weighted by atomic mass is 19.1. The number of aryl methyl sites for hydroxylation is 2. The topological polar surface area (TPSA) is 49.4 Å². The second-order valence-electron chi connectivity index (χ2n) is 9.42. The summed E-state index contributed by atoms with van der Waals surface area (Å²) >= 11 is 0. The fraction of sp³-hybridized carbons (Fsp3) is 0.214. The number of rotatable bonds is 4. The molecular formula is C28H27FN2O2. The summed E-state index contributed by atoms with van der Waals surface area (Å²) in [6.45, 7) is 10.3. The average molecular weight is 443 g/mol. The van der Waals surface area contributed by atoms with E-state index >= 15 is 0 Å². The van der Waals surface area contributed by atoms with E-state index in [4.69, 9.17) is 0 Å². The van der Waals surface area contributed by atoms with Gasteiger partial charge in [-0.15, -0.1) is 0 Å². The number of amides is 2. The van der Waals surface area contributed by atoms with Crippen LogP contribution in [0.2, 0.25) is 0 Å². The third-order valence-corrected chi connectivity index (χ3v) is 5.98. The van der Waals surface area contributed by atoms with Gasteiger partial charge in [-0.25, -0.2) is 9.29 Å². The molecule has 1 heterocycles. The monoisotopic (exact) mass is 442 g/mol. The Balaban J connectivity index is 1.79. The van der Waals surface area contributed by atoms with E-state index in [1.165, 1.54) is 17.0 Å². The number of imide groups is 1. The SMILES string of the molecule is Cc1ccc(C2=C(Nc3ccc(F)cc3)C(=O)N(c3ccc(C(C)(C)C)cc3)C2=O)cc1C. The van der Waals surface area contributed by atoms with Crippen molar-refractivity contribution in [3.8, 4) is 0 Å². The van der Waals surface area contributed by atoms with E-state index in [-0.39, 0.29) is 16.9 Å². The van der Waals surface area contributed by atoms with Crippen LogP contribution in [0.25, 0.3) is 5.57 Å². The Morgan fingerprint density at radius 1 is 0.788 bits per heavy atom. The van der Waals surface area contributed by atoms with E-state index < -0.39 is 11.8 Å². The van der Waals surface area contributed by atoms with Crippen LogP contribution in [0.1, 0.15) is 43.0 Å². The molecule has 5 heteroatoms. The van der Waals surface area contributed by atoms with Crippen LogP contribution in [0.5, 0.6) is 0 Å². The molecule has 0 fully saturated rings. The van der Waals surface area contributed by atoms with Crippen LogP contribution in [0.4, 0.5) is 15.8 Å². The molecule has 0 unspecified atom stereocenters. The summed E-state index contributed by atoms with van der Waals surface area (Å²) in [5.74, 6) is -1.21. The Hall–Kier alpha value is -3.73.